The minimum atomic E-state index is -0.330. The lowest BCUT2D eigenvalue weighted by atomic mass is 10.00. The van der Waals surface area contributed by atoms with E-state index in [4.69, 9.17) is 0 Å². The predicted molar refractivity (Wildman–Crippen MR) is 112 cm³/mol. The van der Waals surface area contributed by atoms with E-state index < -0.39 is 0 Å². The number of benzene rings is 1. The highest BCUT2D eigenvalue weighted by Gasteiger charge is 2.26. The third-order valence-corrected chi connectivity index (χ3v) is 6.13. The quantitative estimate of drug-likeness (QED) is 0.500. The molecule has 29 heavy (non-hydrogen) atoms. The van der Waals surface area contributed by atoms with Crippen molar-refractivity contribution in [1.82, 2.24) is 14.8 Å². The number of carbonyl (C=O) groups is 1. The highest BCUT2D eigenvalue weighted by molar-refractivity contribution is 7.09. The minimum absolute atomic E-state index is 0.136. The van der Waals surface area contributed by atoms with Crippen LogP contribution < -0.4 is 4.90 Å². The Morgan fingerprint density at radius 2 is 2.17 bits per heavy atom. The van der Waals surface area contributed by atoms with Gasteiger partial charge in [-0.15, -0.1) is 11.3 Å². The van der Waals surface area contributed by atoms with Crippen LogP contribution in [0.5, 0.6) is 0 Å². The number of hydrogen-bond donors (Lipinski definition) is 0. The van der Waals surface area contributed by atoms with Gasteiger partial charge >= 0.3 is 0 Å². The highest BCUT2D eigenvalue weighted by Crippen LogP contribution is 2.31. The van der Waals surface area contributed by atoms with Crippen LogP contribution in [0.4, 0.5) is 10.1 Å². The Kier molecular flexibility index (Phi) is 4.39. The topological polar surface area (TPSA) is 51.0 Å². The maximum absolute atomic E-state index is 13.9. The van der Waals surface area contributed by atoms with Gasteiger partial charge in [0.15, 0.2) is 5.65 Å². The van der Waals surface area contributed by atoms with E-state index in [9.17, 15) is 9.18 Å². The van der Waals surface area contributed by atoms with Gasteiger partial charge in [0.1, 0.15) is 5.82 Å². The second-order valence-corrected chi connectivity index (χ2v) is 8.30. The monoisotopic (exact) mass is 406 g/mol. The zero-order valence-corrected chi connectivity index (χ0v) is 16.7. The van der Waals surface area contributed by atoms with Crippen LogP contribution in [0.15, 0.2) is 48.0 Å². The summed E-state index contributed by atoms with van der Waals surface area (Å²) in [4.78, 5) is 21.0. The van der Waals surface area contributed by atoms with E-state index in [2.05, 4.69) is 16.1 Å². The van der Waals surface area contributed by atoms with Gasteiger partial charge in [-0.1, -0.05) is 12.1 Å². The fourth-order valence-electron chi connectivity index (χ4n) is 3.92. The molecule has 0 N–H and O–H groups in total. The normalized spacial score (nSPS) is 13.7. The first kappa shape index (κ1) is 18.0. The van der Waals surface area contributed by atoms with Gasteiger partial charge in [0.2, 0.25) is 0 Å². The zero-order valence-electron chi connectivity index (χ0n) is 15.9. The summed E-state index contributed by atoms with van der Waals surface area (Å²) in [7, 11) is 0. The van der Waals surface area contributed by atoms with Gasteiger partial charge < -0.3 is 4.90 Å². The van der Waals surface area contributed by atoms with Gasteiger partial charge in [-0.25, -0.2) is 14.1 Å². The molecule has 1 aliphatic heterocycles. The lowest BCUT2D eigenvalue weighted by Gasteiger charge is -2.29. The molecule has 4 aromatic rings. The van der Waals surface area contributed by atoms with E-state index in [0.717, 1.165) is 29.5 Å². The lowest BCUT2D eigenvalue weighted by Crippen LogP contribution is -2.35. The number of halogens is 1. The van der Waals surface area contributed by atoms with E-state index in [-0.39, 0.29) is 11.7 Å². The molecule has 7 heteroatoms. The van der Waals surface area contributed by atoms with Crippen molar-refractivity contribution >= 4 is 34.0 Å². The summed E-state index contributed by atoms with van der Waals surface area (Å²) in [6.45, 7) is 3.06. The first-order chi connectivity index (χ1) is 14.1. The molecule has 0 spiro atoms. The minimum Gasteiger partial charge on any atom is -0.308 e. The van der Waals surface area contributed by atoms with Gasteiger partial charge in [-0.05, 0) is 55.0 Å². The fourth-order valence-corrected chi connectivity index (χ4v) is 4.61. The smallest absolute Gasteiger partial charge is 0.259 e. The van der Waals surface area contributed by atoms with Gasteiger partial charge in [0, 0.05) is 17.1 Å². The summed E-state index contributed by atoms with van der Waals surface area (Å²) < 4.78 is 15.7. The molecule has 1 aromatic carbocycles. The van der Waals surface area contributed by atoms with Crippen molar-refractivity contribution in [2.45, 2.75) is 26.3 Å². The van der Waals surface area contributed by atoms with Gasteiger partial charge in [-0.3, -0.25) is 4.79 Å². The largest absolute Gasteiger partial charge is 0.308 e. The van der Waals surface area contributed by atoms with Gasteiger partial charge in [0.05, 0.1) is 29.4 Å². The van der Waals surface area contributed by atoms with E-state index in [1.54, 1.807) is 34.6 Å². The summed E-state index contributed by atoms with van der Waals surface area (Å²) in [5, 5.41) is 7.24. The molecular formula is C22H19FN4OS. The molecule has 0 radical (unpaired) electrons. The van der Waals surface area contributed by atoms with Crippen LogP contribution in [0, 0.1) is 12.7 Å². The van der Waals surface area contributed by atoms with E-state index in [1.807, 2.05) is 23.1 Å². The number of pyridine rings is 1. The number of amides is 1. The van der Waals surface area contributed by atoms with E-state index in [0.29, 0.717) is 30.0 Å². The Hall–Kier alpha value is -3.06. The van der Waals surface area contributed by atoms with Crippen molar-refractivity contribution in [3.63, 3.8) is 0 Å². The van der Waals surface area contributed by atoms with Crippen molar-refractivity contribution in [2.24, 2.45) is 0 Å². The molecule has 146 valence electrons. The van der Waals surface area contributed by atoms with E-state index >= 15 is 0 Å². The first-order valence-corrected chi connectivity index (χ1v) is 10.4. The molecule has 0 saturated carbocycles. The predicted octanol–water partition coefficient (Wildman–Crippen LogP) is 4.58. The summed E-state index contributed by atoms with van der Waals surface area (Å²) in [6.07, 6.45) is 3.41. The summed E-state index contributed by atoms with van der Waals surface area (Å²) in [5.41, 5.74) is 3.67. The molecule has 0 fully saturated rings. The Balaban J connectivity index is 1.58. The van der Waals surface area contributed by atoms with Crippen LogP contribution in [0.3, 0.4) is 0 Å². The van der Waals surface area contributed by atoms with Crippen molar-refractivity contribution in [1.29, 1.82) is 0 Å². The molecule has 1 amide bonds. The molecule has 1 aliphatic rings. The number of thiophene rings is 1. The lowest BCUT2D eigenvalue weighted by molar-refractivity contribution is 0.0986. The number of carbonyl (C=O) groups excluding carboxylic acids is 1. The van der Waals surface area contributed by atoms with Crippen molar-refractivity contribution in [3.05, 3.63) is 75.5 Å². The maximum atomic E-state index is 13.9. The fraction of sp³-hybridized carbons (Fsp3) is 0.227. The van der Waals surface area contributed by atoms with Crippen molar-refractivity contribution in [3.8, 4) is 0 Å². The number of hydrogen-bond acceptors (Lipinski definition) is 4. The second kappa shape index (κ2) is 7.08. The Morgan fingerprint density at radius 3 is 3.00 bits per heavy atom. The molecule has 0 aliphatic carbocycles. The zero-order chi connectivity index (χ0) is 20.0. The maximum Gasteiger partial charge on any atom is 0.259 e. The van der Waals surface area contributed by atoms with Crippen LogP contribution in [0.25, 0.3) is 11.0 Å². The van der Waals surface area contributed by atoms with E-state index in [1.165, 1.54) is 17.0 Å². The molecule has 3 aromatic heterocycles. The molecule has 0 bridgehead atoms. The number of nitrogens with zero attached hydrogens (tertiary/aromatic N) is 4. The molecule has 4 heterocycles. The Labute approximate surface area is 171 Å². The number of rotatable bonds is 3. The molecule has 0 unspecified atom stereocenters. The van der Waals surface area contributed by atoms with Crippen molar-refractivity contribution < 1.29 is 9.18 Å². The molecule has 0 atom stereocenters. The van der Waals surface area contributed by atoms with Crippen LogP contribution in [-0.2, 0) is 13.0 Å². The van der Waals surface area contributed by atoms with Crippen LogP contribution >= 0.6 is 11.3 Å². The molecule has 5 rings (SSSR count). The van der Waals surface area contributed by atoms with Gasteiger partial charge in [0.25, 0.3) is 5.91 Å². The summed E-state index contributed by atoms with van der Waals surface area (Å²) in [5.74, 6) is -0.467. The average molecular weight is 406 g/mol. The molecular weight excluding hydrogens is 387 g/mol. The summed E-state index contributed by atoms with van der Waals surface area (Å²) in [6, 6.07) is 10.5. The second-order valence-electron chi connectivity index (χ2n) is 7.26. The molecule has 0 saturated heterocycles. The summed E-state index contributed by atoms with van der Waals surface area (Å²) >= 11 is 1.66. The van der Waals surface area contributed by atoms with Crippen molar-refractivity contribution in [2.75, 3.05) is 11.4 Å². The Bertz CT molecular complexity index is 1220. The first-order valence-electron chi connectivity index (χ1n) is 9.56. The number of aryl methyl sites for hydroxylation is 2. The number of fused-ring (bicyclic) bond motifs is 2. The SMILES string of the molecule is Cc1cc(C(=O)N2CCCc3ccc(F)cc32)c2cnn(Cc3cccs3)c2n1. The highest BCUT2D eigenvalue weighted by atomic mass is 32.1. The number of anilines is 1. The molecule has 5 nitrogen and oxygen atoms in total. The van der Waals surface area contributed by atoms with Crippen LogP contribution in [0.2, 0.25) is 0 Å². The third kappa shape index (κ3) is 3.21. The van der Waals surface area contributed by atoms with Crippen LogP contribution in [0.1, 0.15) is 32.9 Å². The number of aromatic nitrogens is 3. The Morgan fingerprint density at radius 1 is 1.28 bits per heavy atom. The van der Waals surface area contributed by atoms with Gasteiger partial charge in [-0.2, -0.15) is 5.10 Å². The third-order valence-electron chi connectivity index (χ3n) is 5.26. The van der Waals surface area contributed by atoms with Crippen LogP contribution in [-0.4, -0.2) is 27.2 Å². The average Bonchev–Trinajstić information content (AvgIpc) is 3.37. The standard InChI is InChI=1S/C22H19FN4OS/c1-14-10-18(19-12-24-27(21(19)25-14)13-17-5-3-9-29-17)22(28)26-8-2-4-15-6-7-16(23)11-20(15)26/h3,5-7,9-12H,2,4,8,13H2,1H3.